The quantitative estimate of drug-likeness (QED) is 0.479. The van der Waals surface area contributed by atoms with Crippen molar-refractivity contribution in [3.05, 3.63) is 77.6 Å². The molecular weight excluding hydrogens is 444 g/mol. The Morgan fingerprint density at radius 1 is 1.18 bits per heavy atom. The van der Waals surface area contributed by atoms with Crippen molar-refractivity contribution in [1.82, 2.24) is 25.3 Å². The number of hydrazine groups is 1. The van der Waals surface area contributed by atoms with Gasteiger partial charge < -0.3 is 4.90 Å². The van der Waals surface area contributed by atoms with Crippen molar-refractivity contribution >= 4 is 17.7 Å². The Labute approximate surface area is 196 Å². The van der Waals surface area contributed by atoms with Crippen LogP contribution in [0.1, 0.15) is 41.4 Å². The first-order valence-electron chi connectivity index (χ1n) is 10.9. The number of imidazole rings is 1. The zero-order valence-corrected chi connectivity index (χ0v) is 19.4. The molecule has 3 aromatic rings. The molecule has 1 amide bonds. The molecule has 6 nitrogen and oxygen atoms in total. The summed E-state index contributed by atoms with van der Waals surface area (Å²) in [5, 5.41) is 0.669. The average Bonchev–Trinajstić information content (AvgIpc) is 3.46. The molecule has 1 aliphatic rings. The molecule has 2 unspecified atom stereocenters. The summed E-state index contributed by atoms with van der Waals surface area (Å²) >= 11 is 1.43. The second-order valence-corrected chi connectivity index (χ2v) is 8.91. The highest BCUT2D eigenvalue weighted by molar-refractivity contribution is 7.98. The van der Waals surface area contributed by atoms with Crippen LogP contribution in [0.4, 0.5) is 8.78 Å². The van der Waals surface area contributed by atoms with E-state index < -0.39 is 0 Å². The van der Waals surface area contributed by atoms with Gasteiger partial charge in [0.25, 0.3) is 5.91 Å². The monoisotopic (exact) mass is 471 g/mol. The van der Waals surface area contributed by atoms with Crippen LogP contribution in [-0.2, 0) is 0 Å². The van der Waals surface area contributed by atoms with Crippen molar-refractivity contribution in [3.8, 4) is 5.69 Å². The van der Waals surface area contributed by atoms with Gasteiger partial charge in [0.1, 0.15) is 17.3 Å². The molecule has 0 spiro atoms. The van der Waals surface area contributed by atoms with Gasteiger partial charge in [0, 0.05) is 31.4 Å². The van der Waals surface area contributed by atoms with Crippen molar-refractivity contribution in [2.45, 2.75) is 36.5 Å². The number of carbonyl (C=O) groups is 1. The van der Waals surface area contributed by atoms with E-state index in [0.717, 1.165) is 24.8 Å². The third-order valence-corrected chi connectivity index (χ3v) is 6.49. The molecule has 1 aromatic heterocycles. The molecule has 2 N–H and O–H groups in total. The maximum atomic E-state index is 13.5. The van der Waals surface area contributed by atoms with Crippen molar-refractivity contribution in [3.63, 3.8) is 0 Å². The molecule has 4 rings (SSSR count). The van der Waals surface area contributed by atoms with Crippen LogP contribution in [0.2, 0.25) is 0 Å². The van der Waals surface area contributed by atoms with Crippen LogP contribution in [-0.4, -0.2) is 46.2 Å². The maximum absolute atomic E-state index is 13.5. The molecule has 2 aromatic carbocycles. The Morgan fingerprint density at radius 2 is 1.97 bits per heavy atom. The predicted octanol–water partition coefficient (Wildman–Crippen LogP) is 4.33. The Bertz CT molecular complexity index is 1100. The summed E-state index contributed by atoms with van der Waals surface area (Å²) in [6.07, 6.45) is 6.01. The van der Waals surface area contributed by atoms with Crippen LogP contribution in [0.3, 0.4) is 0 Å². The Balaban J connectivity index is 1.34. The van der Waals surface area contributed by atoms with Gasteiger partial charge in [0.15, 0.2) is 5.16 Å². The van der Waals surface area contributed by atoms with Crippen molar-refractivity contribution < 1.29 is 13.6 Å². The van der Waals surface area contributed by atoms with Gasteiger partial charge in [-0.15, -0.1) is 0 Å². The lowest BCUT2D eigenvalue weighted by Gasteiger charge is -2.19. The van der Waals surface area contributed by atoms with E-state index in [1.165, 1.54) is 30.0 Å². The predicted molar refractivity (Wildman–Crippen MR) is 125 cm³/mol. The van der Waals surface area contributed by atoms with E-state index in [0.29, 0.717) is 23.1 Å². The number of halogens is 2. The zero-order chi connectivity index (χ0) is 23.4. The van der Waals surface area contributed by atoms with E-state index in [1.807, 2.05) is 12.3 Å². The van der Waals surface area contributed by atoms with Crippen molar-refractivity contribution in [1.29, 1.82) is 0 Å². The molecule has 1 saturated heterocycles. The number of nitrogens with one attached hydrogen (secondary N) is 2. The lowest BCUT2D eigenvalue weighted by Crippen LogP contribution is -2.33. The zero-order valence-electron chi connectivity index (χ0n) is 18.6. The normalized spacial score (nSPS) is 17.9. The number of rotatable bonds is 8. The van der Waals surface area contributed by atoms with Crippen LogP contribution in [0.15, 0.2) is 59.9 Å². The fourth-order valence-electron chi connectivity index (χ4n) is 4.09. The molecule has 0 saturated carbocycles. The topological polar surface area (TPSA) is 62.2 Å². The number of aromatic nitrogens is 2. The van der Waals surface area contributed by atoms with Gasteiger partial charge in [-0.1, -0.05) is 23.9 Å². The first-order chi connectivity index (χ1) is 16.0. The largest absolute Gasteiger partial charge is 0.340 e. The maximum Gasteiger partial charge on any atom is 0.272 e. The third-order valence-electron chi connectivity index (χ3n) is 5.84. The number of thioether (sulfide) groups is 1. The number of benzene rings is 2. The lowest BCUT2D eigenvalue weighted by molar-refractivity contribution is 0.0783. The van der Waals surface area contributed by atoms with Crippen LogP contribution >= 0.6 is 11.8 Å². The summed E-state index contributed by atoms with van der Waals surface area (Å²) in [7, 11) is 1.78. The summed E-state index contributed by atoms with van der Waals surface area (Å²) in [4.78, 5) is 19.2. The van der Waals surface area contributed by atoms with E-state index in [9.17, 15) is 13.6 Å². The standard InChI is InChI=1S/C24H27F2N5OS/c1-30(12-4-7-19-14-21(29-28-19)16-5-3-6-18(26)13-16)23(32)22-15-27-24(33-2)31(22)20-10-8-17(25)9-11-20/h3,5-6,8-11,13,15,19,21,28-29H,4,7,12,14H2,1-2H3. The number of nitrogens with zero attached hydrogens (tertiary/aromatic N) is 3. The van der Waals surface area contributed by atoms with E-state index in [-0.39, 0.29) is 29.6 Å². The summed E-state index contributed by atoms with van der Waals surface area (Å²) < 4.78 is 28.6. The van der Waals surface area contributed by atoms with Crippen molar-refractivity contribution in [2.75, 3.05) is 19.8 Å². The average molecular weight is 472 g/mol. The highest BCUT2D eigenvalue weighted by atomic mass is 32.2. The van der Waals surface area contributed by atoms with E-state index in [4.69, 9.17) is 0 Å². The second kappa shape index (κ2) is 10.5. The summed E-state index contributed by atoms with van der Waals surface area (Å²) in [6, 6.07) is 13.0. The first kappa shape index (κ1) is 23.4. The van der Waals surface area contributed by atoms with Gasteiger partial charge in [-0.2, -0.15) is 0 Å². The number of amides is 1. The van der Waals surface area contributed by atoms with Gasteiger partial charge in [0.2, 0.25) is 0 Å². The number of hydrogen-bond donors (Lipinski definition) is 2. The molecule has 2 heterocycles. The van der Waals surface area contributed by atoms with Crippen molar-refractivity contribution in [2.24, 2.45) is 0 Å². The van der Waals surface area contributed by atoms with Crippen LogP contribution < -0.4 is 10.9 Å². The molecule has 0 aliphatic carbocycles. The Kier molecular flexibility index (Phi) is 7.42. The molecule has 1 fully saturated rings. The van der Waals surface area contributed by atoms with E-state index in [2.05, 4.69) is 15.8 Å². The minimum Gasteiger partial charge on any atom is -0.340 e. The van der Waals surface area contributed by atoms with Gasteiger partial charge >= 0.3 is 0 Å². The summed E-state index contributed by atoms with van der Waals surface area (Å²) in [6.45, 7) is 0.588. The lowest BCUT2D eigenvalue weighted by atomic mass is 9.99. The van der Waals surface area contributed by atoms with Crippen LogP contribution in [0, 0.1) is 11.6 Å². The van der Waals surface area contributed by atoms with E-state index >= 15 is 0 Å². The molecule has 174 valence electrons. The smallest absolute Gasteiger partial charge is 0.272 e. The van der Waals surface area contributed by atoms with Gasteiger partial charge in [0.05, 0.1) is 6.20 Å². The van der Waals surface area contributed by atoms with Gasteiger partial charge in [-0.3, -0.25) is 20.2 Å². The fourth-order valence-corrected chi connectivity index (χ4v) is 4.64. The molecule has 33 heavy (non-hydrogen) atoms. The minimum absolute atomic E-state index is 0.0695. The Morgan fingerprint density at radius 3 is 2.70 bits per heavy atom. The number of carbonyl (C=O) groups excluding carboxylic acids is 1. The Hall–Kier alpha value is -2.75. The summed E-state index contributed by atoms with van der Waals surface area (Å²) in [5.74, 6) is -0.700. The summed E-state index contributed by atoms with van der Waals surface area (Å²) in [5.41, 5.74) is 8.59. The molecule has 0 bridgehead atoms. The molecular formula is C24H27F2N5OS. The van der Waals surface area contributed by atoms with Gasteiger partial charge in [-0.25, -0.2) is 13.8 Å². The van der Waals surface area contributed by atoms with Gasteiger partial charge in [-0.05, 0) is 67.5 Å². The minimum atomic E-state index is -0.329. The second-order valence-electron chi connectivity index (χ2n) is 8.14. The first-order valence-corrected chi connectivity index (χ1v) is 12.1. The van der Waals surface area contributed by atoms with Crippen LogP contribution in [0.25, 0.3) is 5.69 Å². The SMILES string of the molecule is CSc1ncc(C(=O)N(C)CCCC2CC(c3cccc(F)c3)NN2)n1-c1ccc(F)cc1. The molecule has 1 aliphatic heterocycles. The van der Waals surface area contributed by atoms with Crippen LogP contribution in [0.5, 0.6) is 0 Å². The van der Waals surface area contributed by atoms with E-state index in [1.54, 1.807) is 47.0 Å². The molecule has 2 atom stereocenters. The highest BCUT2D eigenvalue weighted by Crippen LogP contribution is 2.25. The third kappa shape index (κ3) is 5.43. The highest BCUT2D eigenvalue weighted by Gasteiger charge is 2.26. The molecule has 0 radical (unpaired) electrons. The fraction of sp³-hybridized carbons (Fsp3) is 0.333. The number of hydrogen-bond acceptors (Lipinski definition) is 5. The molecule has 9 heteroatoms.